The van der Waals surface area contributed by atoms with E-state index in [4.69, 9.17) is 10.5 Å². The fourth-order valence-corrected chi connectivity index (χ4v) is 2.28. The van der Waals surface area contributed by atoms with E-state index in [0.29, 0.717) is 18.2 Å². The Morgan fingerprint density at radius 1 is 1.58 bits per heavy atom. The van der Waals surface area contributed by atoms with Crippen molar-refractivity contribution >= 4 is 11.6 Å². The Labute approximate surface area is 113 Å². The van der Waals surface area contributed by atoms with Crippen LogP contribution in [0.1, 0.15) is 24.2 Å². The van der Waals surface area contributed by atoms with Gasteiger partial charge in [0.15, 0.2) is 0 Å². The van der Waals surface area contributed by atoms with Crippen LogP contribution in [0.4, 0.5) is 5.69 Å². The van der Waals surface area contributed by atoms with Gasteiger partial charge in [-0.15, -0.1) is 0 Å². The molecule has 0 saturated carbocycles. The number of amides is 1. The summed E-state index contributed by atoms with van der Waals surface area (Å²) in [5, 5.41) is 7.16. The topological polar surface area (TPSA) is 82.2 Å². The van der Waals surface area contributed by atoms with Gasteiger partial charge in [-0.1, -0.05) is 0 Å². The standard InChI is InChI=1S/C13H22N4O2/c1-9-13(14)10(2)17(16-9)7-12(18)15-5-3-11-4-6-19-8-11/h11H,3-8,14H2,1-2H3,(H,15,18). The summed E-state index contributed by atoms with van der Waals surface area (Å²) in [6.07, 6.45) is 2.08. The van der Waals surface area contributed by atoms with Gasteiger partial charge < -0.3 is 15.8 Å². The maximum atomic E-state index is 11.8. The maximum absolute atomic E-state index is 11.8. The van der Waals surface area contributed by atoms with E-state index in [1.807, 2.05) is 13.8 Å². The first kappa shape index (κ1) is 13.9. The van der Waals surface area contributed by atoms with Crippen molar-refractivity contribution in [3.8, 4) is 0 Å². The van der Waals surface area contributed by atoms with Crippen LogP contribution in [-0.4, -0.2) is 35.4 Å². The third-order valence-electron chi connectivity index (χ3n) is 3.63. The van der Waals surface area contributed by atoms with Crippen molar-refractivity contribution in [1.82, 2.24) is 15.1 Å². The summed E-state index contributed by atoms with van der Waals surface area (Å²) in [5.41, 5.74) is 8.11. The number of nitrogens with zero attached hydrogens (tertiary/aromatic N) is 2. The minimum absolute atomic E-state index is 0.0236. The zero-order chi connectivity index (χ0) is 13.8. The van der Waals surface area contributed by atoms with E-state index < -0.39 is 0 Å². The number of ether oxygens (including phenoxy) is 1. The second-order valence-electron chi connectivity index (χ2n) is 5.11. The molecule has 1 aliphatic rings. The van der Waals surface area contributed by atoms with Crippen molar-refractivity contribution in [1.29, 1.82) is 0 Å². The van der Waals surface area contributed by atoms with Gasteiger partial charge in [-0.05, 0) is 32.6 Å². The molecule has 106 valence electrons. The number of nitrogens with one attached hydrogen (secondary N) is 1. The average molecular weight is 266 g/mol. The van der Waals surface area contributed by atoms with Gasteiger partial charge in [0.05, 0.1) is 17.1 Å². The van der Waals surface area contributed by atoms with Gasteiger partial charge in [0.1, 0.15) is 6.54 Å². The quantitative estimate of drug-likeness (QED) is 0.818. The number of carbonyl (C=O) groups excluding carboxylic acids is 1. The first-order chi connectivity index (χ1) is 9.08. The van der Waals surface area contributed by atoms with Gasteiger partial charge >= 0.3 is 0 Å². The number of aromatic nitrogens is 2. The number of rotatable bonds is 5. The van der Waals surface area contributed by atoms with E-state index in [1.54, 1.807) is 4.68 Å². The van der Waals surface area contributed by atoms with Crippen molar-refractivity contribution in [3.63, 3.8) is 0 Å². The Hall–Kier alpha value is -1.56. The van der Waals surface area contributed by atoms with Crippen LogP contribution in [0, 0.1) is 19.8 Å². The molecular weight excluding hydrogens is 244 g/mol. The highest BCUT2D eigenvalue weighted by atomic mass is 16.5. The Kier molecular flexibility index (Phi) is 4.42. The molecule has 2 heterocycles. The number of nitrogen functional groups attached to an aromatic ring is 1. The summed E-state index contributed by atoms with van der Waals surface area (Å²) >= 11 is 0. The Bertz CT molecular complexity index is 450. The molecule has 1 aliphatic heterocycles. The second-order valence-corrected chi connectivity index (χ2v) is 5.11. The van der Waals surface area contributed by atoms with Gasteiger partial charge in [-0.25, -0.2) is 0 Å². The molecule has 3 N–H and O–H groups in total. The Morgan fingerprint density at radius 2 is 2.37 bits per heavy atom. The van der Waals surface area contributed by atoms with Crippen molar-refractivity contribution in [2.24, 2.45) is 5.92 Å². The molecule has 6 heteroatoms. The molecule has 0 aromatic carbocycles. The summed E-state index contributed by atoms with van der Waals surface area (Å²) in [7, 11) is 0. The smallest absolute Gasteiger partial charge is 0.241 e. The van der Waals surface area contributed by atoms with Crippen LogP contribution < -0.4 is 11.1 Å². The molecule has 0 bridgehead atoms. The number of anilines is 1. The highest BCUT2D eigenvalue weighted by molar-refractivity contribution is 5.75. The molecule has 0 spiro atoms. The first-order valence-corrected chi connectivity index (χ1v) is 6.72. The zero-order valence-electron chi connectivity index (χ0n) is 11.6. The first-order valence-electron chi connectivity index (χ1n) is 6.72. The number of aryl methyl sites for hydroxylation is 1. The molecule has 0 aliphatic carbocycles. The number of hydrogen-bond donors (Lipinski definition) is 2. The van der Waals surface area contributed by atoms with E-state index in [9.17, 15) is 4.79 Å². The van der Waals surface area contributed by atoms with Crippen molar-refractivity contribution in [3.05, 3.63) is 11.4 Å². The minimum atomic E-state index is -0.0236. The van der Waals surface area contributed by atoms with E-state index in [0.717, 1.165) is 37.4 Å². The monoisotopic (exact) mass is 266 g/mol. The van der Waals surface area contributed by atoms with Crippen LogP contribution in [0.3, 0.4) is 0 Å². The number of hydrogen-bond acceptors (Lipinski definition) is 4. The largest absolute Gasteiger partial charge is 0.396 e. The molecule has 1 amide bonds. The van der Waals surface area contributed by atoms with Crippen molar-refractivity contribution in [2.45, 2.75) is 33.2 Å². The Balaban J connectivity index is 1.75. The van der Waals surface area contributed by atoms with Gasteiger partial charge in [-0.3, -0.25) is 9.48 Å². The zero-order valence-corrected chi connectivity index (χ0v) is 11.6. The normalized spacial score (nSPS) is 18.7. The van der Waals surface area contributed by atoms with E-state index in [1.165, 1.54) is 0 Å². The molecule has 6 nitrogen and oxygen atoms in total. The fourth-order valence-electron chi connectivity index (χ4n) is 2.28. The van der Waals surface area contributed by atoms with Gasteiger partial charge in [-0.2, -0.15) is 5.10 Å². The average Bonchev–Trinajstić information content (AvgIpc) is 2.96. The molecule has 1 fully saturated rings. The van der Waals surface area contributed by atoms with Gasteiger partial charge in [0.25, 0.3) is 0 Å². The molecule has 1 atom stereocenters. The van der Waals surface area contributed by atoms with Gasteiger partial charge in [0.2, 0.25) is 5.91 Å². The van der Waals surface area contributed by atoms with Crippen LogP contribution in [0.15, 0.2) is 0 Å². The fraction of sp³-hybridized carbons (Fsp3) is 0.692. The molecule has 0 radical (unpaired) electrons. The highest BCUT2D eigenvalue weighted by Gasteiger charge is 2.16. The summed E-state index contributed by atoms with van der Waals surface area (Å²) in [6, 6.07) is 0. The molecule has 19 heavy (non-hydrogen) atoms. The number of nitrogens with two attached hydrogens (primary N) is 1. The summed E-state index contributed by atoms with van der Waals surface area (Å²) in [5.74, 6) is 0.564. The van der Waals surface area contributed by atoms with E-state index >= 15 is 0 Å². The summed E-state index contributed by atoms with van der Waals surface area (Å²) in [4.78, 5) is 11.8. The van der Waals surface area contributed by atoms with Crippen LogP contribution in [0.2, 0.25) is 0 Å². The lowest BCUT2D eigenvalue weighted by Gasteiger charge is -2.09. The van der Waals surface area contributed by atoms with Gasteiger partial charge in [0, 0.05) is 19.8 Å². The molecule has 1 aromatic rings. The van der Waals surface area contributed by atoms with Crippen LogP contribution in [0.25, 0.3) is 0 Å². The van der Waals surface area contributed by atoms with Crippen LogP contribution in [0.5, 0.6) is 0 Å². The van der Waals surface area contributed by atoms with Crippen LogP contribution in [-0.2, 0) is 16.1 Å². The Morgan fingerprint density at radius 3 is 2.95 bits per heavy atom. The lowest BCUT2D eigenvalue weighted by molar-refractivity contribution is -0.121. The molecular formula is C13H22N4O2. The van der Waals surface area contributed by atoms with E-state index in [2.05, 4.69) is 10.4 Å². The molecule has 1 saturated heterocycles. The lowest BCUT2D eigenvalue weighted by atomic mass is 10.1. The molecule has 2 rings (SSSR count). The van der Waals surface area contributed by atoms with Crippen molar-refractivity contribution in [2.75, 3.05) is 25.5 Å². The van der Waals surface area contributed by atoms with E-state index in [-0.39, 0.29) is 12.5 Å². The predicted molar refractivity (Wildman–Crippen MR) is 72.7 cm³/mol. The SMILES string of the molecule is Cc1nn(CC(=O)NCCC2CCOC2)c(C)c1N. The number of carbonyl (C=O) groups is 1. The highest BCUT2D eigenvalue weighted by Crippen LogP contribution is 2.15. The predicted octanol–water partition coefficient (Wildman–Crippen LogP) is 0.625. The second kappa shape index (κ2) is 6.06. The molecule has 1 aromatic heterocycles. The molecule has 1 unspecified atom stereocenters. The van der Waals surface area contributed by atoms with Crippen LogP contribution >= 0.6 is 0 Å². The minimum Gasteiger partial charge on any atom is -0.396 e. The summed E-state index contributed by atoms with van der Waals surface area (Å²) in [6.45, 7) is 6.31. The lowest BCUT2D eigenvalue weighted by Crippen LogP contribution is -2.30. The van der Waals surface area contributed by atoms with Crippen molar-refractivity contribution < 1.29 is 9.53 Å². The summed E-state index contributed by atoms with van der Waals surface area (Å²) < 4.78 is 6.95. The third-order valence-corrected chi connectivity index (χ3v) is 3.63. The third kappa shape index (κ3) is 3.47. The maximum Gasteiger partial charge on any atom is 0.241 e.